The van der Waals surface area contributed by atoms with Gasteiger partial charge in [0.25, 0.3) is 0 Å². The van der Waals surface area contributed by atoms with E-state index >= 15 is 0 Å². The molecular formula is C11H22N2O3. The second kappa shape index (κ2) is 6.70. The number of amides is 1. The highest BCUT2D eigenvalue weighted by Gasteiger charge is 2.24. The summed E-state index contributed by atoms with van der Waals surface area (Å²) in [7, 11) is 0. The fraction of sp³-hybridized carbons (Fsp3) is 0.909. The van der Waals surface area contributed by atoms with Crippen LogP contribution in [0, 0.1) is 5.92 Å². The van der Waals surface area contributed by atoms with Crippen molar-refractivity contribution in [2.24, 2.45) is 11.7 Å². The number of nitrogens with two attached hydrogens (primary N) is 1. The number of rotatable bonds is 5. The van der Waals surface area contributed by atoms with E-state index in [9.17, 15) is 9.90 Å². The van der Waals surface area contributed by atoms with Crippen molar-refractivity contribution in [3.63, 3.8) is 0 Å². The second-order valence-electron chi connectivity index (χ2n) is 4.60. The Bertz CT molecular complexity index is 217. The first-order valence-corrected chi connectivity index (χ1v) is 6.01. The number of hydrogen-bond donors (Lipinski definition) is 4. The normalized spacial score (nSPS) is 21.4. The minimum absolute atomic E-state index is 0.0949. The van der Waals surface area contributed by atoms with E-state index in [1.807, 2.05) is 0 Å². The van der Waals surface area contributed by atoms with Crippen LogP contribution in [0.25, 0.3) is 0 Å². The maximum atomic E-state index is 10.6. The zero-order chi connectivity index (χ0) is 12.0. The van der Waals surface area contributed by atoms with Gasteiger partial charge in [-0.1, -0.05) is 32.1 Å². The summed E-state index contributed by atoms with van der Waals surface area (Å²) < 4.78 is 0. The largest absolute Gasteiger partial charge is 0.465 e. The van der Waals surface area contributed by atoms with Crippen molar-refractivity contribution in [2.45, 2.75) is 50.7 Å². The molecule has 0 aromatic carbocycles. The van der Waals surface area contributed by atoms with Crippen LogP contribution in [0.1, 0.15) is 38.5 Å². The molecule has 5 nitrogen and oxygen atoms in total. The Morgan fingerprint density at radius 3 is 2.50 bits per heavy atom. The van der Waals surface area contributed by atoms with Crippen LogP contribution >= 0.6 is 0 Å². The van der Waals surface area contributed by atoms with Gasteiger partial charge >= 0.3 is 6.09 Å². The predicted molar refractivity (Wildman–Crippen MR) is 61.2 cm³/mol. The van der Waals surface area contributed by atoms with Gasteiger partial charge in [-0.05, 0) is 12.3 Å². The van der Waals surface area contributed by atoms with Crippen molar-refractivity contribution in [2.75, 3.05) is 6.54 Å². The van der Waals surface area contributed by atoms with Crippen LogP contribution in [0.15, 0.2) is 0 Å². The molecular weight excluding hydrogens is 208 g/mol. The average molecular weight is 230 g/mol. The molecule has 1 saturated carbocycles. The van der Waals surface area contributed by atoms with Gasteiger partial charge in [-0.25, -0.2) is 4.79 Å². The molecule has 0 saturated heterocycles. The van der Waals surface area contributed by atoms with Crippen LogP contribution in [-0.2, 0) is 0 Å². The summed E-state index contributed by atoms with van der Waals surface area (Å²) in [4.78, 5) is 10.6. The van der Waals surface area contributed by atoms with Crippen LogP contribution in [0.5, 0.6) is 0 Å². The van der Waals surface area contributed by atoms with Gasteiger partial charge in [0, 0.05) is 6.54 Å². The highest BCUT2D eigenvalue weighted by molar-refractivity contribution is 5.64. The standard InChI is InChI=1S/C11H22N2O3/c12-7-10(14)9(13-11(15)16)6-8-4-2-1-3-5-8/h8-10,13-14H,1-7,12H2,(H,15,16)/t9-,10-/m0/s1. The lowest BCUT2D eigenvalue weighted by atomic mass is 9.84. The molecule has 0 aliphatic heterocycles. The van der Waals surface area contributed by atoms with Gasteiger partial charge in [0.1, 0.15) is 0 Å². The highest BCUT2D eigenvalue weighted by Crippen LogP contribution is 2.27. The summed E-state index contributed by atoms with van der Waals surface area (Å²) >= 11 is 0. The monoisotopic (exact) mass is 230 g/mol. The fourth-order valence-corrected chi connectivity index (χ4v) is 2.42. The average Bonchev–Trinajstić information content (AvgIpc) is 2.28. The number of carboxylic acid groups (broad SMARTS) is 1. The molecule has 94 valence electrons. The van der Waals surface area contributed by atoms with E-state index in [2.05, 4.69) is 5.32 Å². The quantitative estimate of drug-likeness (QED) is 0.564. The zero-order valence-electron chi connectivity index (χ0n) is 9.56. The maximum absolute atomic E-state index is 10.6. The molecule has 0 heterocycles. The van der Waals surface area contributed by atoms with E-state index in [0.717, 1.165) is 12.8 Å². The summed E-state index contributed by atoms with van der Waals surface area (Å²) in [6, 6.07) is -0.425. The van der Waals surface area contributed by atoms with Crippen LogP contribution < -0.4 is 11.1 Å². The van der Waals surface area contributed by atoms with E-state index in [1.165, 1.54) is 19.3 Å². The van der Waals surface area contributed by atoms with Gasteiger partial charge < -0.3 is 21.3 Å². The Morgan fingerprint density at radius 1 is 1.38 bits per heavy atom. The minimum Gasteiger partial charge on any atom is -0.465 e. The molecule has 1 aliphatic rings. The number of hydrogen-bond acceptors (Lipinski definition) is 3. The summed E-state index contributed by atoms with van der Waals surface area (Å²) in [5.74, 6) is 0.520. The van der Waals surface area contributed by atoms with Crippen LogP contribution in [0.2, 0.25) is 0 Å². The van der Waals surface area contributed by atoms with E-state index in [0.29, 0.717) is 12.3 Å². The molecule has 0 radical (unpaired) electrons. The van der Waals surface area contributed by atoms with Crippen LogP contribution in [-0.4, -0.2) is 35.0 Å². The van der Waals surface area contributed by atoms with Gasteiger partial charge in [-0.15, -0.1) is 0 Å². The van der Waals surface area contributed by atoms with Gasteiger partial charge in [-0.2, -0.15) is 0 Å². The maximum Gasteiger partial charge on any atom is 0.404 e. The summed E-state index contributed by atoms with van der Waals surface area (Å²) in [6.07, 6.45) is 4.79. The molecule has 0 aromatic heterocycles. The number of aliphatic hydroxyl groups excluding tert-OH is 1. The Kier molecular flexibility index (Phi) is 5.55. The van der Waals surface area contributed by atoms with E-state index in [-0.39, 0.29) is 6.54 Å². The van der Waals surface area contributed by atoms with Crippen LogP contribution in [0.3, 0.4) is 0 Å². The molecule has 0 aromatic rings. The van der Waals surface area contributed by atoms with Crippen molar-refractivity contribution < 1.29 is 15.0 Å². The van der Waals surface area contributed by atoms with E-state index in [4.69, 9.17) is 10.8 Å². The Hall–Kier alpha value is -0.810. The smallest absolute Gasteiger partial charge is 0.404 e. The summed E-state index contributed by atoms with van der Waals surface area (Å²) in [5.41, 5.74) is 5.37. The fourth-order valence-electron chi connectivity index (χ4n) is 2.42. The number of aliphatic hydroxyl groups is 1. The van der Waals surface area contributed by atoms with Gasteiger partial charge in [-0.3, -0.25) is 0 Å². The molecule has 1 fully saturated rings. The SMILES string of the molecule is NC[C@H](O)[C@H](CC1CCCCC1)NC(=O)O. The van der Waals surface area contributed by atoms with Crippen molar-refractivity contribution in [1.29, 1.82) is 0 Å². The lowest BCUT2D eigenvalue weighted by molar-refractivity contribution is 0.109. The van der Waals surface area contributed by atoms with Crippen molar-refractivity contribution in [3.8, 4) is 0 Å². The molecule has 0 spiro atoms. The molecule has 16 heavy (non-hydrogen) atoms. The summed E-state index contributed by atoms with van der Waals surface area (Å²) in [6.45, 7) is 0.0949. The lowest BCUT2D eigenvalue weighted by Crippen LogP contribution is -2.47. The third-order valence-corrected chi connectivity index (χ3v) is 3.33. The van der Waals surface area contributed by atoms with Crippen molar-refractivity contribution >= 4 is 6.09 Å². The van der Waals surface area contributed by atoms with Crippen molar-refractivity contribution in [3.05, 3.63) is 0 Å². The molecule has 1 rings (SSSR count). The Morgan fingerprint density at radius 2 is 2.00 bits per heavy atom. The van der Waals surface area contributed by atoms with E-state index < -0.39 is 18.2 Å². The van der Waals surface area contributed by atoms with Crippen molar-refractivity contribution in [1.82, 2.24) is 5.32 Å². The van der Waals surface area contributed by atoms with Gasteiger partial charge in [0.05, 0.1) is 12.1 Å². The minimum atomic E-state index is -1.09. The first-order chi connectivity index (χ1) is 7.63. The Balaban J connectivity index is 2.44. The number of carbonyl (C=O) groups is 1. The third-order valence-electron chi connectivity index (χ3n) is 3.33. The Labute approximate surface area is 96.0 Å². The third kappa shape index (κ3) is 4.37. The predicted octanol–water partition coefficient (Wildman–Crippen LogP) is 0.913. The first kappa shape index (κ1) is 13.3. The topological polar surface area (TPSA) is 95.6 Å². The van der Waals surface area contributed by atoms with E-state index in [1.54, 1.807) is 0 Å². The second-order valence-corrected chi connectivity index (χ2v) is 4.60. The molecule has 0 unspecified atom stereocenters. The molecule has 5 heteroatoms. The summed E-state index contributed by atoms with van der Waals surface area (Å²) in [5, 5.41) is 20.7. The molecule has 2 atom stereocenters. The van der Waals surface area contributed by atoms with Crippen LogP contribution in [0.4, 0.5) is 4.79 Å². The zero-order valence-corrected chi connectivity index (χ0v) is 9.56. The van der Waals surface area contributed by atoms with Gasteiger partial charge in [0.15, 0.2) is 0 Å². The van der Waals surface area contributed by atoms with Gasteiger partial charge in [0.2, 0.25) is 0 Å². The first-order valence-electron chi connectivity index (χ1n) is 6.01. The molecule has 1 aliphatic carbocycles. The number of nitrogens with one attached hydrogen (secondary N) is 1. The highest BCUT2D eigenvalue weighted by atomic mass is 16.4. The lowest BCUT2D eigenvalue weighted by Gasteiger charge is -2.28. The molecule has 0 bridgehead atoms. The molecule has 1 amide bonds. The molecule has 5 N–H and O–H groups in total.